The number of hydroxylamine groups is 2. The summed E-state index contributed by atoms with van der Waals surface area (Å²) in [6.45, 7) is 5.34. The normalized spacial score (nSPS) is 20.5. The molecular weight excluding hydrogens is 492 g/mol. The molecule has 2 aliphatic rings. The molecule has 3 N–H and O–H groups in total. The number of piperazine rings is 1. The molecule has 0 unspecified atom stereocenters. The van der Waals surface area contributed by atoms with Gasteiger partial charge in [-0.15, -0.1) is 16.4 Å². The monoisotopic (exact) mass is 519 g/mol. The van der Waals surface area contributed by atoms with Gasteiger partial charge in [0.1, 0.15) is 11.3 Å². The van der Waals surface area contributed by atoms with Crippen LogP contribution in [0.2, 0.25) is 0 Å². The zero-order valence-corrected chi connectivity index (χ0v) is 20.8. The number of nitrogen functional groups attached to an aromatic ring is 1. The highest BCUT2D eigenvalue weighted by atomic mass is 32.1. The number of nitrogens with zero attached hydrogens (tertiary/aromatic N) is 7. The number of halogens is 2. The summed E-state index contributed by atoms with van der Waals surface area (Å²) in [7, 11) is 0. The first-order valence-corrected chi connectivity index (χ1v) is 12.5. The number of nitrogens with one attached hydrogen (secondary N) is 1. The van der Waals surface area contributed by atoms with E-state index in [-0.39, 0.29) is 25.0 Å². The van der Waals surface area contributed by atoms with Crippen molar-refractivity contribution >= 4 is 51.0 Å². The quantitative estimate of drug-likeness (QED) is 0.530. The Kier molecular flexibility index (Phi) is 6.47. The number of fused-ring (bicyclic) bond motifs is 1. The number of piperidine rings is 1. The Morgan fingerprint density at radius 3 is 2.83 bits per heavy atom. The van der Waals surface area contributed by atoms with Crippen LogP contribution in [-0.2, 0) is 4.84 Å². The molecule has 11 nitrogen and oxygen atoms in total. The van der Waals surface area contributed by atoms with E-state index in [1.165, 1.54) is 11.3 Å². The van der Waals surface area contributed by atoms with Gasteiger partial charge in [-0.05, 0) is 32.4 Å². The third-order valence-corrected chi connectivity index (χ3v) is 7.01. The van der Waals surface area contributed by atoms with Crippen molar-refractivity contribution < 1.29 is 18.4 Å². The van der Waals surface area contributed by atoms with Crippen LogP contribution in [0.4, 0.5) is 36.8 Å². The molecule has 2 fully saturated rings. The molecule has 0 spiro atoms. The van der Waals surface area contributed by atoms with Crippen LogP contribution in [0.15, 0.2) is 17.6 Å². The van der Waals surface area contributed by atoms with Crippen molar-refractivity contribution in [3.8, 4) is 0 Å². The average Bonchev–Trinajstić information content (AvgIpc) is 3.28. The lowest BCUT2D eigenvalue weighted by Gasteiger charge is -2.39. The topological polar surface area (TPSA) is 126 Å². The third-order valence-electron chi connectivity index (χ3n) is 6.30. The predicted molar refractivity (Wildman–Crippen MR) is 133 cm³/mol. The third kappa shape index (κ3) is 5.09. The number of amides is 1. The molecule has 14 heteroatoms. The number of alkyl halides is 2. The molecule has 1 amide bonds. The second-order valence-corrected chi connectivity index (χ2v) is 9.86. The Morgan fingerprint density at radius 2 is 2.08 bits per heavy atom. The van der Waals surface area contributed by atoms with Crippen molar-refractivity contribution in [2.75, 3.05) is 53.6 Å². The van der Waals surface area contributed by atoms with Crippen molar-refractivity contribution in [2.24, 2.45) is 0 Å². The number of aryl methyl sites for hydroxylation is 1. The fourth-order valence-corrected chi connectivity index (χ4v) is 5.21. The number of hydrogen-bond acceptors (Lipinski definition) is 11. The predicted octanol–water partition coefficient (Wildman–Crippen LogP) is 3.28. The Bertz CT molecular complexity index is 1270. The maximum absolute atomic E-state index is 13.8. The fourth-order valence-electron chi connectivity index (χ4n) is 4.55. The van der Waals surface area contributed by atoms with Crippen LogP contribution in [0, 0.1) is 6.92 Å². The lowest BCUT2D eigenvalue weighted by molar-refractivity contribution is -0.103. The van der Waals surface area contributed by atoms with Gasteiger partial charge in [-0.1, -0.05) is 0 Å². The van der Waals surface area contributed by atoms with E-state index in [0.29, 0.717) is 61.1 Å². The zero-order valence-electron chi connectivity index (χ0n) is 19.9. The number of pyridine rings is 1. The first-order valence-electron chi connectivity index (χ1n) is 11.7. The SMILES string of the molecule is Cc1nc(N2CCCC(F)(F)C2)ccc1NC(=O)ON1CCN(c2nc(N)nc3scnc23)[C@@H](C)C1. The number of rotatable bonds is 4. The summed E-state index contributed by atoms with van der Waals surface area (Å²) in [5.74, 6) is -1.39. The zero-order chi connectivity index (χ0) is 25.4. The van der Waals surface area contributed by atoms with Crippen LogP contribution >= 0.6 is 11.3 Å². The van der Waals surface area contributed by atoms with Crippen LogP contribution in [0.3, 0.4) is 0 Å². The highest BCUT2D eigenvalue weighted by molar-refractivity contribution is 7.16. The van der Waals surface area contributed by atoms with Crippen LogP contribution in [0.5, 0.6) is 0 Å². The van der Waals surface area contributed by atoms with Gasteiger partial charge in [-0.25, -0.2) is 28.5 Å². The highest BCUT2D eigenvalue weighted by Gasteiger charge is 2.36. The summed E-state index contributed by atoms with van der Waals surface area (Å²) in [6, 6.07) is 3.26. The van der Waals surface area contributed by atoms with Crippen molar-refractivity contribution in [3.63, 3.8) is 0 Å². The van der Waals surface area contributed by atoms with Gasteiger partial charge >= 0.3 is 6.09 Å². The van der Waals surface area contributed by atoms with E-state index in [0.717, 1.165) is 4.83 Å². The summed E-state index contributed by atoms with van der Waals surface area (Å²) >= 11 is 1.40. The average molecular weight is 520 g/mol. The molecule has 36 heavy (non-hydrogen) atoms. The number of carbonyl (C=O) groups excluding carboxylic acids is 1. The molecule has 0 aliphatic carbocycles. The van der Waals surface area contributed by atoms with E-state index < -0.39 is 12.0 Å². The molecule has 192 valence electrons. The Hall–Kier alpha value is -3.39. The van der Waals surface area contributed by atoms with Gasteiger partial charge in [0.2, 0.25) is 5.95 Å². The van der Waals surface area contributed by atoms with E-state index in [1.54, 1.807) is 34.5 Å². The minimum atomic E-state index is -2.72. The second-order valence-electron chi connectivity index (χ2n) is 9.03. The highest BCUT2D eigenvalue weighted by Crippen LogP contribution is 2.31. The van der Waals surface area contributed by atoms with Crippen molar-refractivity contribution in [1.29, 1.82) is 0 Å². The van der Waals surface area contributed by atoms with E-state index in [9.17, 15) is 13.6 Å². The Morgan fingerprint density at radius 1 is 1.25 bits per heavy atom. The van der Waals surface area contributed by atoms with E-state index in [2.05, 4.69) is 30.2 Å². The molecule has 2 aliphatic heterocycles. The van der Waals surface area contributed by atoms with Gasteiger partial charge in [0.25, 0.3) is 5.92 Å². The summed E-state index contributed by atoms with van der Waals surface area (Å²) in [5, 5.41) is 4.29. The minimum Gasteiger partial charge on any atom is -0.368 e. The molecular formula is C22H27F2N9O2S. The molecule has 1 atom stereocenters. The molecule has 0 aromatic carbocycles. The van der Waals surface area contributed by atoms with Gasteiger partial charge in [0, 0.05) is 25.6 Å². The van der Waals surface area contributed by atoms with Crippen LogP contribution < -0.4 is 20.9 Å². The maximum atomic E-state index is 13.8. The standard InChI is InChI=1S/C22H27F2N9O2S/c1-13-10-32(8-9-33(13)18-17-19(36-12-26-17)30-20(25)29-18)35-21(34)28-15-4-5-16(27-14(15)2)31-7-3-6-22(23,24)11-31/h4-5,12-13H,3,6-11H2,1-2H3,(H,28,34)(H2,25,29,30)/t13-/m0/s1. The van der Waals surface area contributed by atoms with Gasteiger partial charge < -0.3 is 20.4 Å². The lowest BCUT2D eigenvalue weighted by atomic mass is 10.1. The summed E-state index contributed by atoms with van der Waals surface area (Å²) < 4.78 is 27.5. The summed E-state index contributed by atoms with van der Waals surface area (Å²) in [6.07, 6.45) is -0.347. The molecule has 0 saturated carbocycles. The number of hydrogen-bond donors (Lipinski definition) is 2. The molecule has 0 radical (unpaired) electrons. The number of thiazole rings is 1. The van der Waals surface area contributed by atoms with Crippen molar-refractivity contribution in [3.05, 3.63) is 23.3 Å². The van der Waals surface area contributed by atoms with E-state index in [1.807, 2.05) is 6.92 Å². The van der Waals surface area contributed by atoms with Crippen molar-refractivity contribution in [2.45, 2.75) is 38.7 Å². The van der Waals surface area contributed by atoms with Gasteiger partial charge in [-0.3, -0.25) is 5.32 Å². The van der Waals surface area contributed by atoms with Gasteiger partial charge in [0.05, 0.1) is 36.5 Å². The van der Waals surface area contributed by atoms with E-state index >= 15 is 0 Å². The second kappa shape index (κ2) is 9.58. The van der Waals surface area contributed by atoms with Gasteiger partial charge in [0.15, 0.2) is 10.6 Å². The minimum absolute atomic E-state index is 0.0314. The van der Waals surface area contributed by atoms with Crippen LogP contribution in [-0.4, -0.2) is 75.8 Å². The number of nitrogens with two attached hydrogens (primary N) is 1. The molecule has 2 saturated heterocycles. The molecule has 5 heterocycles. The fraction of sp³-hybridized carbons (Fsp3) is 0.500. The largest absolute Gasteiger partial charge is 0.430 e. The van der Waals surface area contributed by atoms with Crippen LogP contribution in [0.25, 0.3) is 10.3 Å². The first kappa shape index (κ1) is 24.3. The maximum Gasteiger partial charge on any atom is 0.430 e. The van der Waals surface area contributed by atoms with Gasteiger partial charge in [-0.2, -0.15) is 4.98 Å². The molecule has 0 bridgehead atoms. The van der Waals surface area contributed by atoms with Crippen molar-refractivity contribution in [1.82, 2.24) is 25.0 Å². The number of aromatic nitrogens is 4. The molecule has 5 rings (SSSR count). The van der Waals surface area contributed by atoms with E-state index in [4.69, 9.17) is 10.6 Å². The lowest BCUT2D eigenvalue weighted by Crippen LogP contribution is -2.53. The Labute approximate surface area is 210 Å². The molecule has 3 aromatic heterocycles. The summed E-state index contributed by atoms with van der Waals surface area (Å²) in [4.78, 5) is 39.9. The number of anilines is 4. The smallest absolute Gasteiger partial charge is 0.368 e. The molecule has 3 aromatic rings. The number of carbonyl (C=O) groups is 1. The summed E-state index contributed by atoms with van der Waals surface area (Å²) in [5.41, 5.74) is 9.27. The first-order chi connectivity index (χ1) is 17.2. The Balaban J connectivity index is 1.19. The van der Waals surface area contributed by atoms with Crippen LogP contribution in [0.1, 0.15) is 25.5 Å².